The molecule has 0 aromatic heterocycles. The first-order valence-electron chi connectivity index (χ1n) is 3.49. The molecule has 0 spiro atoms. The van der Waals surface area contributed by atoms with Gasteiger partial charge in [-0.3, -0.25) is 0 Å². The summed E-state index contributed by atoms with van der Waals surface area (Å²) < 4.78 is 0. The first kappa shape index (κ1) is 9.61. The van der Waals surface area contributed by atoms with Crippen LogP contribution in [0, 0.1) is 0 Å². The van der Waals surface area contributed by atoms with Crippen LogP contribution in [-0.2, 0) is 4.79 Å². The number of carboxylic acid groups (broad SMARTS) is 1. The second-order valence-corrected chi connectivity index (χ2v) is 2.80. The van der Waals surface area contributed by atoms with Crippen molar-refractivity contribution in [1.29, 1.82) is 0 Å². The molecule has 0 saturated heterocycles. The van der Waals surface area contributed by atoms with Crippen LogP contribution in [0.2, 0.25) is 0 Å². The Bertz CT molecular complexity index is 340. The van der Waals surface area contributed by atoms with Gasteiger partial charge in [0.1, 0.15) is 10.8 Å². The molecule has 0 fully saturated rings. The van der Waals surface area contributed by atoms with Gasteiger partial charge in [0.05, 0.1) is 0 Å². The fourth-order valence-electron chi connectivity index (χ4n) is 0.779. The molecule has 4 heteroatoms. The molecule has 0 heterocycles. The lowest BCUT2D eigenvalue weighted by molar-refractivity contribution is -0.131. The Morgan fingerprint density at radius 1 is 1.31 bits per heavy atom. The van der Waals surface area contributed by atoms with E-state index in [0.717, 1.165) is 0 Å². The molecular weight excluding hydrogens is 192 g/mol. The van der Waals surface area contributed by atoms with Gasteiger partial charge in [0, 0.05) is 0 Å². The van der Waals surface area contributed by atoms with Gasteiger partial charge in [-0.25, -0.2) is 4.79 Å². The number of hydrogen-bond acceptors (Lipinski definition) is 2. The second kappa shape index (κ2) is 3.96. The van der Waals surface area contributed by atoms with Crippen molar-refractivity contribution < 1.29 is 15.0 Å². The van der Waals surface area contributed by atoms with Gasteiger partial charge >= 0.3 is 5.97 Å². The van der Waals surface area contributed by atoms with Gasteiger partial charge in [-0.1, -0.05) is 23.7 Å². The van der Waals surface area contributed by atoms with Crippen LogP contribution >= 0.6 is 11.6 Å². The van der Waals surface area contributed by atoms with E-state index in [1.807, 2.05) is 0 Å². The average Bonchev–Trinajstić information content (AvgIpc) is 2.08. The Balaban J connectivity index is 2.92. The van der Waals surface area contributed by atoms with Crippen molar-refractivity contribution in [1.82, 2.24) is 0 Å². The number of benzene rings is 1. The molecular formula is C9H7ClO3. The van der Waals surface area contributed by atoms with Gasteiger partial charge in [0.2, 0.25) is 0 Å². The quantitative estimate of drug-likeness (QED) is 0.716. The molecule has 1 rings (SSSR count). The number of carbonyl (C=O) groups is 1. The first-order chi connectivity index (χ1) is 6.09. The zero-order chi connectivity index (χ0) is 9.84. The van der Waals surface area contributed by atoms with Crippen molar-refractivity contribution in [2.75, 3.05) is 0 Å². The zero-order valence-corrected chi connectivity index (χ0v) is 7.32. The highest BCUT2D eigenvalue weighted by Gasteiger charge is 2.01. The lowest BCUT2D eigenvalue weighted by atomic mass is 10.2. The molecule has 0 bridgehead atoms. The lowest BCUT2D eigenvalue weighted by Crippen LogP contribution is -1.92. The lowest BCUT2D eigenvalue weighted by Gasteiger charge is -1.94. The van der Waals surface area contributed by atoms with E-state index in [1.165, 1.54) is 18.2 Å². The summed E-state index contributed by atoms with van der Waals surface area (Å²) in [6.07, 6.45) is 1.31. The number of aliphatic carboxylic acids is 1. The Labute approximate surface area is 79.9 Å². The topological polar surface area (TPSA) is 57.5 Å². The van der Waals surface area contributed by atoms with Crippen LogP contribution < -0.4 is 0 Å². The standard InChI is InChI=1S/C9H7ClO3/c10-8(9(12)13)5-6-1-3-7(11)4-2-6/h1-5,11H,(H,12,13). The van der Waals surface area contributed by atoms with E-state index in [-0.39, 0.29) is 10.8 Å². The molecule has 3 nitrogen and oxygen atoms in total. The fourth-order valence-corrected chi connectivity index (χ4v) is 0.905. The molecule has 0 aliphatic carbocycles. The molecule has 13 heavy (non-hydrogen) atoms. The average molecular weight is 199 g/mol. The van der Waals surface area contributed by atoms with Gasteiger partial charge in [0.25, 0.3) is 0 Å². The van der Waals surface area contributed by atoms with Gasteiger partial charge in [-0.15, -0.1) is 0 Å². The van der Waals surface area contributed by atoms with Crippen LogP contribution in [0.15, 0.2) is 29.3 Å². The maximum Gasteiger partial charge on any atom is 0.347 e. The minimum Gasteiger partial charge on any atom is -0.508 e. The molecule has 0 aliphatic heterocycles. The van der Waals surface area contributed by atoms with Crippen LogP contribution in [-0.4, -0.2) is 16.2 Å². The number of phenols is 1. The zero-order valence-electron chi connectivity index (χ0n) is 6.57. The molecule has 68 valence electrons. The summed E-state index contributed by atoms with van der Waals surface area (Å²) in [6, 6.07) is 6.05. The predicted octanol–water partition coefficient (Wildman–Crippen LogP) is 2.06. The largest absolute Gasteiger partial charge is 0.508 e. The number of hydrogen-bond donors (Lipinski definition) is 2. The van der Waals surface area contributed by atoms with E-state index in [0.29, 0.717) is 5.56 Å². The Kier molecular flexibility index (Phi) is 2.93. The monoisotopic (exact) mass is 198 g/mol. The summed E-state index contributed by atoms with van der Waals surface area (Å²) in [5.74, 6) is -1.04. The van der Waals surface area contributed by atoms with Crippen molar-refractivity contribution in [3.63, 3.8) is 0 Å². The van der Waals surface area contributed by atoms with Crippen LogP contribution in [0.25, 0.3) is 6.08 Å². The minimum absolute atomic E-state index is 0.128. The Morgan fingerprint density at radius 3 is 2.31 bits per heavy atom. The maximum absolute atomic E-state index is 10.3. The van der Waals surface area contributed by atoms with Crippen LogP contribution in [0.5, 0.6) is 5.75 Å². The summed E-state index contributed by atoms with van der Waals surface area (Å²) in [4.78, 5) is 10.3. The van der Waals surface area contributed by atoms with Crippen LogP contribution in [0.4, 0.5) is 0 Å². The van der Waals surface area contributed by atoms with Crippen LogP contribution in [0.1, 0.15) is 5.56 Å². The predicted molar refractivity (Wildman–Crippen MR) is 49.6 cm³/mol. The van der Waals surface area contributed by atoms with Crippen molar-refractivity contribution in [2.24, 2.45) is 0 Å². The van der Waals surface area contributed by atoms with Gasteiger partial charge < -0.3 is 10.2 Å². The maximum atomic E-state index is 10.3. The summed E-state index contributed by atoms with van der Waals surface area (Å²) >= 11 is 5.39. The highest BCUT2D eigenvalue weighted by molar-refractivity contribution is 6.42. The Hall–Kier alpha value is -1.48. The third-order valence-electron chi connectivity index (χ3n) is 1.39. The van der Waals surface area contributed by atoms with Crippen molar-refractivity contribution >= 4 is 23.6 Å². The van der Waals surface area contributed by atoms with Crippen molar-refractivity contribution in [3.05, 3.63) is 34.9 Å². The molecule has 0 aliphatic rings. The summed E-state index contributed by atoms with van der Waals surface area (Å²) in [5, 5.41) is 17.1. The molecule has 0 saturated carbocycles. The molecule has 0 amide bonds. The van der Waals surface area contributed by atoms with E-state index < -0.39 is 5.97 Å². The molecule has 0 unspecified atom stereocenters. The molecule has 2 N–H and O–H groups in total. The van der Waals surface area contributed by atoms with E-state index in [4.69, 9.17) is 21.8 Å². The third-order valence-corrected chi connectivity index (χ3v) is 1.66. The highest BCUT2D eigenvalue weighted by atomic mass is 35.5. The summed E-state index contributed by atoms with van der Waals surface area (Å²) in [5.41, 5.74) is 0.630. The normalized spacial score (nSPS) is 11.3. The van der Waals surface area contributed by atoms with E-state index in [9.17, 15) is 4.79 Å². The number of halogens is 1. The second-order valence-electron chi connectivity index (χ2n) is 2.39. The first-order valence-corrected chi connectivity index (χ1v) is 3.87. The number of phenolic OH excluding ortho intramolecular Hbond substituents is 1. The Morgan fingerprint density at radius 2 is 1.85 bits per heavy atom. The molecule has 0 atom stereocenters. The van der Waals surface area contributed by atoms with Gasteiger partial charge in [-0.05, 0) is 23.8 Å². The van der Waals surface area contributed by atoms with E-state index in [2.05, 4.69) is 0 Å². The fraction of sp³-hybridized carbons (Fsp3) is 0. The molecule has 1 aromatic rings. The van der Waals surface area contributed by atoms with Crippen molar-refractivity contribution in [3.8, 4) is 5.75 Å². The van der Waals surface area contributed by atoms with E-state index >= 15 is 0 Å². The summed E-state index contributed by atoms with van der Waals surface area (Å²) in [6.45, 7) is 0. The smallest absolute Gasteiger partial charge is 0.347 e. The summed E-state index contributed by atoms with van der Waals surface area (Å²) in [7, 11) is 0. The van der Waals surface area contributed by atoms with E-state index in [1.54, 1.807) is 12.1 Å². The van der Waals surface area contributed by atoms with Crippen molar-refractivity contribution in [2.45, 2.75) is 0 Å². The minimum atomic E-state index is -1.17. The number of rotatable bonds is 2. The number of aromatic hydroxyl groups is 1. The molecule has 0 radical (unpaired) electrons. The van der Waals surface area contributed by atoms with Gasteiger partial charge in [-0.2, -0.15) is 0 Å². The third kappa shape index (κ3) is 2.80. The molecule has 1 aromatic carbocycles. The number of carboxylic acids is 1. The highest BCUT2D eigenvalue weighted by Crippen LogP contribution is 2.14. The van der Waals surface area contributed by atoms with Gasteiger partial charge in [0.15, 0.2) is 0 Å². The SMILES string of the molecule is O=C(O)C(Cl)=Cc1ccc(O)cc1. The van der Waals surface area contributed by atoms with Crippen LogP contribution in [0.3, 0.4) is 0 Å².